The molecular weight excluding hydrogens is 250 g/mol. The Labute approximate surface area is 87.5 Å². The highest BCUT2D eigenvalue weighted by Crippen LogP contribution is 2.26. The van der Waals surface area contributed by atoms with Gasteiger partial charge in [0.15, 0.2) is 10.5 Å². The number of hydrogen-bond acceptors (Lipinski definition) is 6. The average molecular weight is 256 g/mol. The predicted octanol–water partition coefficient (Wildman–Crippen LogP) is 1.06. The Bertz CT molecular complexity index is 449. The van der Waals surface area contributed by atoms with Crippen LogP contribution in [0.3, 0.4) is 0 Å². The van der Waals surface area contributed by atoms with E-state index in [1.165, 1.54) is 6.26 Å². The van der Waals surface area contributed by atoms with Crippen LogP contribution >= 0.6 is 15.9 Å². The van der Waals surface area contributed by atoms with Crippen molar-refractivity contribution in [2.24, 2.45) is 0 Å². The molecule has 2 rings (SSSR count). The van der Waals surface area contributed by atoms with Gasteiger partial charge in [0.25, 0.3) is 0 Å². The van der Waals surface area contributed by atoms with Gasteiger partial charge < -0.3 is 15.9 Å². The fraction of sp³-hybridized carbons (Fsp3) is 0. The van der Waals surface area contributed by atoms with Gasteiger partial charge in [0.05, 0.1) is 11.8 Å². The van der Waals surface area contributed by atoms with Crippen LogP contribution < -0.4 is 11.5 Å². The summed E-state index contributed by atoms with van der Waals surface area (Å²) in [5.74, 6) is 0.553. The fourth-order valence-electron chi connectivity index (χ4n) is 0.983. The Morgan fingerprint density at radius 2 is 1.79 bits per heavy atom. The third-order valence-electron chi connectivity index (χ3n) is 1.53. The normalized spacial score (nSPS) is 10.4. The van der Waals surface area contributed by atoms with E-state index in [1.807, 2.05) is 0 Å². The van der Waals surface area contributed by atoms with Crippen LogP contribution in [0.25, 0.3) is 11.4 Å². The monoisotopic (exact) mass is 255 g/mol. The molecule has 6 nitrogen and oxygen atoms in total. The molecule has 0 aliphatic carbocycles. The summed E-state index contributed by atoms with van der Waals surface area (Å²) in [6, 6.07) is 1.71. The zero-order valence-electron chi connectivity index (χ0n) is 6.94. The van der Waals surface area contributed by atoms with Crippen LogP contribution in [-0.4, -0.2) is 15.0 Å². The van der Waals surface area contributed by atoms with E-state index >= 15 is 0 Å². The summed E-state index contributed by atoms with van der Waals surface area (Å²) in [5.41, 5.74) is 11.5. The molecule has 0 aromatic carbocycles. The molecule has 2 aromatic heterocycles. The van der Waals surface area contributed by atoms with E-state index in [2.05, 4.69) is 30.9 Å². The smallest absolute Gasteiger partial charge is 0.225 e. The van der Waals surface area contributed by atoms with Crippen molar-refractivity contribution in [3.63, 3.8) is 0 Å². The van der Waals surface area contributed by atoms with Crippen molar-refractivity contribution in [1.82, 2.24) is 15.0 Å². The van der Waals surface area contributed by atoms with Crippen LogP contribution in [0, 0.1) is 0 Å². The maximum Gasteiger partial charge on any atom is 0.225 e. The second kappa shape index (κ2) is 3.26. The molecule has 4 N–H and O–H groups in total. The topological polar surface area (TPSA) is 104 Å². The molecule has 0 saturated carbocycles. The highest BCUT2D eigenvalue weighted by molar-refractivity contribution is 9.10. The lowest BCUT2D eigenvalue weighted by Gasteiger charge is -1.99. The van der Waals surface area contributed by atoms with Gasteiger partial charge in [-0.3, -0.25) is 0 Å². The van der Waals surface area contributed by atoms with Crippen molar-refractivity contribution in [2.75, 3.05) is 11.5 Å². The largest absolute Gasteiger partial charge is 0.457 e. The zero-order chi connectivity index (χ0) is 10.1. The van der Waals surface area contributed by atoms with Gasteiger partial charge in [-0.25, -0.2) is 0 Å². The first-order valence-electron chi connectivity index (χ1n) is 3.67. The van der Waals surface area contributed by atoms with Crippen LogP contribution in [0.2, 0.25) is 0 Å². The Balaban J connectivity index is 2.57. The predicted molar refractivity (Wildman–Crippen MR) is 54.1 cm³/mol. The van der Waals surface area contributed by atoms with Crippen molar-refractivity contribution in [1.29, 1.82) is 0 Å². The number of hydrogen-bond donors (Lipinski definition) is 2. The van der Waals surface area contributed by atoms with Crippen molar-refractivity contribution in [3.8, 4) is 11.4 Å². The van der Waals surface area contributed by atoms with Gasteiger partial charge in [-0.05, 0) is 22.0 Å². The number of nitrogens with two attached hydrogens (primary N) is 2. The highest BCUT2D eigenvalue weighted by atomic mass is 79.9. The molecule has 72 valence electrons. The number of anilines is 2. The lowest BCUT2D eigenvalue weighted by atomic mass is 10.3. The zero-order valence-corrected chi connectivity index (χ0v) is 8.52. The van der Waals surface area contributed by atoms with E-state index in [0.717, 1.165) is 0 Å². The van der Waals surface area contributed by atoms with E-state index in [9.17, 15) is 0 Å². The molecule has 0 radical (unpaired) electrons. The SMILES string of the molecule is Nc1nc(N)nc(-c2ccoc2Br)n1. The first-order chi connectivity index (χ1) is 6.66. The summed E-state index contributed by atoms with van der Waals surface area (Å²) in [6.45, 7) is 0. The molecule has 0 bridgehead atoms. The molecule has 7 heteroatoms. The molecule has 0 atom stereocenters. The molecule has 0 amide bonds. The number of furan rings is 1. The van der Waals surface area contributed by atoms with E-state index in [1.54, 1.807) is 6.07 Å². The Morgan fingerprint density at radius 1 is 1.14 bits per heavy atom. The van der Waals surface area contributed by atoms with Gasteiger partial charge in [-0.1, -0.05) is 0 Å². The lowest BCUT2D eigenvalue weighted by Crippen LogP contribution is -2.03. The van der Waals surface area contributed by atoms with Gasteiger partial charge in [0, 0.05) is 0 Å². The van der Waals surface area contributed by atoms with Crippen LogP contribution in [-0.2, 0) is 0 Å². The number of halogens is 1. The quantitative estimate of drug-likeness (QED) is 0.790. The van der Waals surface area contributed by atoms with Gasteiger partial charge >= 0.3 is 0 Å². The summed E-state index contributed by atoms with van der Waals surface area (Å²) < 4.78 is 5.56. The van der Waals surface area contributed by atoms with Gasteiger partial charge in [-0.15, -0.1) is 0 Å². The minimum atomic E-state index is 0.0839. The molecule has 0 saturated heterocycles. The molecule has 14 heavy (non-hydrogen) atoms. The maximum absolute atomic E-state index is 5.43. The number of rotatable bonds is 1. The van der Waals surface area contributed by atoms with Crippen LogP contribution in [0.1, 0.15) is 0 Å². The Morgan fingerprint density at radius 3 is 2.29 bits per heavy atom. The minimum absolute atomic E-state index is 0.0839. The van der Waals surface area contributed by atoms with Crippen LogP contribution in [0.5, 0.6) is 0 Å². The average Bonchev–Trinajstić information content (AvgIpc) is 2.49. The molecule has 0 fully saturated rings. The molecular formula is C7H6BrN5O. The fourth-order valence-corrected chi connectivity index (χ4v) is 1.40. The summed E-state index contributed by atoms with van der Waals surface area (Å²) in [4.78, 5) is 11.5. The summed E-state index contributed by atoms with van der Waals surface area (Å²) in [7, 11) is 0. The molecule has 0 unspecified atom stereocenters. The molecule has 2 aromatic rings. The van der Waals surface area contributed by atoms with Crippen molar-refractivity contribution >= 4 is 27.8 Å². The van der Waals surface area contributed by atoms with E-state index in [-0.39, 0.29) is 11.9 Å². The summed E-state index contributed by atoms with van der Waals surface area (Å²) in [6.07, 6.45) is 1.51. The Hall–Kier alpha value is -1.63. The van der Waals surface area contributed by atoms with Gasteiger partial charge in [0.1, 0.15) is 0 Å². The maximum atomic E-state index is 5.43. The minimum Gasteiger partial charge on any atom is -0.457 e. The van der Waals surface area contributed by atoms with Crippen molar-refractivity contribution in [3.05, 3.63) is 17.0 Å². The van der Waals surface area contributed by atoms with E-state index in [0.29, 0.717) is 16.1 Å². The van der Waals surface area contributed by atoms with E-state index in [4.69, 9.17) is 15.9 Å². The summed E-state index contributed by atoms with van der Waals surface area (Å²) in [5, 5.41) is 0. The second-order valence-corrected chi connectivity index (χ2v) is 3.20. The standard InChI is InChI=1S/C7H6BrN5O/c8-4-3(1-2-14-4)5-11-6(9)13-7(10)12-5/h1-2H,(H4,9,10,11,12,13). The summed E-state index contributed by atoms with van der Waals surface area (Å²) >= 11 is 3.20. The number of aromatic nitrogens is 3. The molecule has 0 aliphatic rings. The number of nitrogens with zero attached hydrogens (tertiary/aromatic N) is 3. The lowest BCUT2D eigenvalue weighted by molar-refractivity contribution is 0.542. The highest BCUT2D eigenvalue weighted by Gasteiger charge is 2.10. The second-order valence-electron chi connectivity index (χ2n) is 2.48. The third kappa shape index (κ3) is 1.53. The molecule has 0 spiro atoms. The van der Waals surface area contributed by atoms with E-state index < -0.39 is 0 Å². The van der Waals surface area contributed by atoms with Crippen molar-refractivity contribution < 1.29 is 4.42 Å². The van der Waals surface area contributed by atoms with Crippen LogP contribution in [0.15, 0.2) is 21.4 Å². The third-order valence-corrected chi connectivity index (χ3v) is 2.14. The number of nitrogen functional groups attached to an aromatic ring is 2. The van der Waals surface area contributed by atoms with Crippen LogP contribution in [0.4, 0.5) is 11.9 Å². The van der Waals surface area contributed by atoms with Crippen molar-refractivity contribution in [2.45, 2.75) is 0 Å². The van der Waals surface area contributed by atoms with Gasteiger partial charge in [-0.2, -0.15) is 15.0 Å². The first-order valence-corrected chi connectivity index (χ1v) is 4.46. The molecule has 2 heterocycles. The first kappa shape index (κ1) is 8.95. The molecule has 0 aliphatic heterocycles. The van der Waals surface area contributed by atoms with Gasteiger partial charge in [0.2, 0.25) is 11.9 Å². The Kier molecular flexibility index (Phi) is 2.08.